The van der Waals surface area contributed by atoms with Gasteiger partial charge in [0.2, 0.25) is 0 Å². The van der Waals surface area contributed by atoms with E-state index in [0.717, 1.165) is 44.1 Å². The molecule has 1 N–H and O–H groups in total. The van der Waals surface area contributed by atoms with Gasteiger partial charge in [0, 0.05) is 32.6 Å². The van der Waals surface area contributed by atoms with Crippen LogP contribution in [0.2, 0.25) is 0 Å². The van der Waals surface area contributed by atoms with Gasteiger partial charge in [0.15, 0.2) is 0 Å². The van der Waals surface area contributed by atoms with Gasteiger partial charge >= 0.3 is 0 Å². The summed E-state index contributed by atoms with van der Waals surface area (Å²) >= 11 is 0. The molecule has 0 spiro atoms. The van der Waals surface area contributed by atoms with E-state index in [2.05, 4.69) is 58.8 Å². The first-order valence-electron chi connectivity index (χ1n) is 7.62. The SMILES string of the molecule is C1=Cc2nc(N3CCNCC3)ccc2Cc2ccccc21. The number of nitrogens with one attached hydrogen (secondary N) is 1. The molecule has 1 aliphatic heterocycles. The highest BCUT2D eigenvalue weighted by molar-refractivity contribution is 5.74. The molecule has 0 saturated carbocycles. The Hall–Kier alpha value is -2.13. The monoisotopic (exact) mass is 277 g/mol. The van der Waals surface area contributed by atoms with Gasteiger partial charge < -0.3 is 10.2 Å². The number of benzene rings is 1. The third-order valence-electron chi connectivity index (χ3n) is 4.30. The summed E-state index contributed by atoms with van der Waals surface area (Å²) in [5, 5.41) is 3.39. The van der Waals surface area contributed by atoms with Gasteiger partial charge in [-0.3, -0.25) is 0 Å². The van der Waals surface area contributed by atoms with Crippen molar-refractivity contribution in [3.63, 3.8) is 0 Å². The van der Waals surface area contributed by atoms with Crippen molar-refractivity contribution < 1.29 is 0 Å². The molecule has 106 valence electrons. The highest BCUT2D eigenvalue weighted by atomic mass is 15.2. The van der Waals surface area contributed by atoms with E-state index < -0.39 is 0 Å². The zero-order valence-electron chi connectivity index (χ0n) is 12.0. The number of anilines is 1. The zero-order valence-corrected chi connectivity index (χ0v) is 12.0. The smallest absolute Gasteiger partial charge is 0.129 e. The summed E-state index contributed by atoms with van der Waals surface area (Å²) in [4.78, 5) is 7.26. The van der Waals surface area contributed by atoms with Gasteiger partial charge in [-0.1, -0.05) is 36.4 Å². The van der Waals surface area contributed by atoms with Crippen molar-refractivity contribution in [3.05, 3.63) is 58.8 Å². The average molecular weight is 277 g/mol. The van der Waals surface area contributed by atoms with Crippen molar-refractivity contribution in [1.82, 2.24) is 10.3 Å². The van der Waals surface area contributed by atoms with Crippen molar-refractivity contribution in [2.75, 3.05) is 31.1 Å². The van der Waals surface area contributed by atoms with Crippen molar-refractivity contribution in [2.45, 2.75) is 6.42 Å². The third-order valence-corrected chi connectivity index (χ3v) is 4.30. The van der Waals surface area contributed by atoms with Crippen LogP contribution in [0, 0.1) is 0 Å². The molecule has 1 saturated heterocycles. The standard InChI is InChI=1S/C18H19N3/c1-2-4-15-13-16-6-8-18(21-11-9-19-10-12-21)20-17(16)7-5-14(15)3-1/h1-8,19H,9-13H2. The molecular formula is C18H19N3. The molecule has 1 aliphatic carbocycles. The van der Waals surface area contributed by atoms with E-state index in [0.29, 0.717) is 0 Å². The molecule has 3 nitrogen and oxygen atoms in total. The molecule has 1 aromatic carbocycles. The average Bonchev–Trinajstić information content (AvgIpc) is 2.74. The van der Waals surface area contributed by atoms with E-state index in [-0.39, 0.29) is 0 Å². The van der Waals surface area contributed by atoms with Crippen molar-refractivity contribution in [2.24, 2.45) is 0 Å². The molecule has 1 fully saturated rings. The summed E-state index contributed by atoms with van der Waals surface area (Å²) in [5.41, 5.74) is 5.11. The predicted octanol–water partition coefficient (Wildman–Crippen LogP) is 2.57. The Kier molecular flexibility index (Phi) is 3.20. The van der Waals surface area contributed by atoms with Crippen molar-refractivity contribution in [3.8, 4) is 0 Å². The number of aromatic nitrogens is 1. The maximum atomic E-state index is 4.89. The highest BCUT2D eigenvalue weighted by Crippen LogP contribution is 2.25. The molecule has 0 radical (unpaired) electrons. The van der Waals surface area contributed by atoms with Crippen LogP contribution in [0.3, 0.4) is 0 Å². The number of piperazine rings is 1. The van der Waals surface area contributed by atoms with E-state index in [1.165, 1.54) is 16.7 Å². The van der Waals surface area contributed by atoms with Crippen molar-refractivity contribution >= 4 is 18.0 Å². The van der Waals surface area contributed by atoms with E-state index >= 15 is 0 Å². The lowest BCUT2D eigenvalue weighted by Gasteiger charge is -2.28. The summed E-state index contributed by atoms with van der Waals surface area (Å²) < 4.78 is 0. The Morgan fingerprint density at radius 3 is 2.67 bits per heavy atom. The quantitative estimate of drug-likeness (QED) is 0.741. The number of rotatable bonds is 1. The molecule has 2 aliphatic rings. The second kappa shape index (κ2) is 5.34. The number of hydrogen-bond acceptors (Lipinski definition) is 3. The normalized spacial score (nSPS) is 17.0. The molecule has 0 amide bonds. The van der Waals surface area contributed by atoms with Gasteiger partial charge in [-0.25, -0.2) is 4.98 Å². The number of fused-ring (bicyclic) bond motifs is 2. The second-order valence-corrected chi connectivity index (χ2v) is 5.66. The summed E-state index contributed by atoms with van der Waals surface area (Å²) in [6.07, 6.45) is 5.32. The van der Waals surface area contributed by atoms with Gasteiger partial charge in [-0.05, 0) is 28.8 Å². The lowest BCUT2D eigenvalue weighted by Crippen LogP contribution is -2.43. The van der Waals surface area contributed by atoms with Gasteiger partial charge in [-0.15, -0.1) is 0 Å². The Morgan fingerprint density at radius 1 is 0.905 bits per heavy atom. The lowest BCUT2D eigenvalue weighted by atomic mass is 10.0. The molecule has 3 heteroatoms. The molecular weight excluding hydrogens is 258 g/mol. The molecule has 1 aromatic heterocycles. The fourth-order valence-electron chi connectivity index (χ4n) is 3.09. The Bertz CT molecular complexity index is 685. The predicted molar refractivity (Wildman–Crippen MR) is 87.5 cm³/mol. The minimum absolute atomic E-state index is 0.966. The topological polar surface area (TPSA) is 28.2 Å². The second-order valence-electron chi connectivity index (χ2n) is 5.66. The fraction of sp³-hybridized carbons (Fsp3) is 0.278. The van der Waals surface area contributed by atoms with Gasteiger partial charge in [0.05, 0.1) is 5.69 Å². The van der Waals surface area contributed by atoms with Crippen LogP contribution in [0.15, 0.2) is 36.4 Å². The number of pyridine rings is 1. The van der Waals surface area contributed by atoms with Crippen molar-refractivity contribution in [1.29, 1.82) is 0 Å². The summed E-state index contributed by atoms with van der Waals surface area (Å²) in [6, 6.07) is 13.0. The van der Waals surface area contributed by atoms with Crippen LogP contribution in [0.1, 0.15) is 22.4 Å². The Morgan fingerprint density at radius 2 is 1.76 bits per heavy atom. The fourth-order valence-corrected chi connectivity index (χ4v) is 3.09. The van der Waals surface area contributed by atoms with Crippen LogP contribution in [-0.4, -0.2) is 31.2 Å². The largest absolute Gasteiger partial charge is 0.354 e. The molecule has 0 atom stereocenters. The summed E-state index contributed by atoms with van der Waals surface area (Å²) in [6.45, 7) is 4.16. The molecule has 0 bridgehead atoms. The summed E-state index contributed by atoms with van der Waals surface area (Å²) in [7, 11) is 0. The highest BCUT2D eigenvalue weighted by Gasteiger charge is 2.15. The van der Waals surface area contributed by atoms with Gasteiger partial charge in [0.1, 0.15) is 5.82 Å². The van der Waals surface area contributed by atoms with Gasteiger partial charge in [0.25, 0.3) is 0 Å². The summed E-state index contributed by atoms with van der Waals surface area (Å²) in [5.74, 6) is 1.10. The van der Waals surface area contributed by atoms with E-state index in [1.54, 1.807) is 0 Å². The maximum Gasteiger partial charge on any atom is 0.129 e. The van der Waals surface area contributed by atoms with Crippen LogP contribution in [0.4, 0.5) is 5.82 Å². The molecule has 2 heterocycles. The maximum absolute atomic E-state index is 4.89. The zero-order chi connectivity index (χ0) is 14.1. The Balaban J connectivity index is 1.69. The van der Waals surface area contributed by atoms with E-state index in [1.807, 2.05) is 0 Å². The van der Waals surface area contributed by atoms with Crippen LogP contribution in [-0.2, 0) is 6.42 Å². The van der Waals surface area contributed by atoms with Crippen LogP contribution in [0.25, 0.3) is 12.2 Å². The van der Waals surface area contributed by atoms with Crippen LogP contribution < -0.4 is 10.2 Å². The van der Waals surface area contributed by atoms with E-state index in [9.17, 15) is 0 Å². The minimum atomic E-state index is 0.966. The molecule has 4 rings (SSSR count). The Labute approximate surface area is 125 Å². The van der Waals surface area contributed by atoms with Crippen LogP contribution >= 0.6 is 0 Å². The molecule has 2 aromatic rings. The molecule has 0 unspecified atom stereocenters. The first kappa shape index (κ1) is 12.6. The first-order valence-corrected chi connectivity index (χ1v) is 7.62. The minimum Gasteiger partial charge on any atom is -0.354 e. The van der Waals surface area contributed by atoms with E-state index in [4.69, 9.17) is 4.98 Å². The third kappa shape index (κ3) is 2.45. The number of nitrogens with zero attached hydrogens (tertiary/aromatic N) is 2. The number of hydrogen-bond donors (Lipinski definition) is 1. The first-order chi connectivity index (χ1) is 10.4. The lowest BCUT2D eigenvalue weighted by molar-refractivity contribution is 0.585. The molecule has 21 heavy (non-hydrogen) atoms. The van der Waals surface area contributed by atoms with Crippen LogP contribution in [0.5, 0.6) is 0 Å². The van der Waals surface area contributed by atoms with Gasteiger partial charge in [-0.2, -0.15) is 0 Å².